The predicted octanol–water partition coefficient (Wildman–Crippen LogP) is 5.36. The van der Waals surface area contributed by atoms with Gasteiger partial charge >= 0.3 is 5.97 Å². The number of carbonyl (C=O) groups is 1. The second-order valence-electron chi connectivity index (χ2n) is 6.59. The van der Waals surface area contributed by atoms with Crippen LogP contribution < -0.4 is 10.1 Å². The van der Waals surface area contributed by atoms with Crippen molar-refractivity contribution in [1.29, 1.82) is 0 Å². The number of esters is 1. The van der Waals surface area contributed by atoms with Crippen molar-refractivity contribution < 1.29 is 14.3 Å². The first-order valence-electron chi connectivity index (χ1n) is 9.38. The van der Waals surface area contributed by atoms with Crippen molar-refractivity contribution in [1.82, 2.24) is 0 Å². The number of benzene rings is 3. The van der Waals surface area contributed by atoms with Crippen LogP contribution in [0.15, 0.2) is 89.8 Å². The Morgan fingerprint density at radius 2 is 1.48 bits per heavy atom. The van der Waals surface area contributed by atoms with Crippen LogP contribution in [-0.2, 0) is 15.1 Å². The maximum Gasteiger partial charge on any atom is 0.337 e. The number of nitrogens with one attached hydrogen (secondary N) is 1. The quantitative estimate of drug-likeness (QED) is 0.403. The van der Waals surface area contributed by atoms with Crippen molar-refractivity contribution in [2.45, 2.75) is 22.6 Å². The molecule has 0 aromatic heterocycles. The summed E-state index contributed by atoms with van der Waals surface area (Å²) >= 11 is 1.63. The molecule has 2 unspecified atom stereocenters. The van der Waals surface area contributed by atoms with E-state index >= 15 is 0 Å². The maximum atomic E-state index is 13.3. The number of thioether (sulfide) groups is 1. The zero-order valence-corrected chi connectivity index (χ0v) is 17.6. The topological polar surface area (TPSA) is 47.6 Å². The smallest absolute Gasteiger partial charge is 0.337 e. The number of ether oxygens (including phenoxy) is 2. The van der Waals surface area contributed by atoms with Gasteiger partial charge in [0, 0.05) is 15.8 Å². The largest absolute Gasteiger partial charge is 0.497 e. The molecule has 0 fully saturated rings. The molecular weight excluding hydrogens is 382 g/mol. The van der Waals surface area contributed by atoms with Gasteiger partial charge in [-0.15, -0.1) is 11.8 Å². The van der Waals surface area contributed by atoms with Gasteiger partial charge in [0.25, 0.3) is 0 Å². The van der Waals surface area contributed by atoms with E-state index in [1.807, 2.05) is 91.9 Å². The minimum atomic E-state index is -1.08. The number of hydrogen-bond acceptors (Lipinski definition) is 5. The number of hydrogen-bond donors (Lipinski definition) is 1. The van der Waals surface area contributed by atoms with Gasteiger partial charge in [-0.2, -0.15) is 0 Å². The summed E-state index contributed by atoms with van der Waals surface area (Å²) in [4.78, 5) is 14.4. The summed E-state index contributed by atoms with van der Waals surface area (Å²) in [7, 11) is 3.05. The molecule has 0 heterocycles. The van der Waals surface area contributed by atoms with Gasteiger partial charge in [0.05, 0.1) is 14.2 Å². The van der Waals surface area contributed by atoms with E-state index in [0.717, 1.165) is 21.9 Å². The SMILES string of the molecule is COC(=O)C(Nc1ccc(OC)cc1)(c1ccccc1)C(C)Sc1ccccc1. The molecule has 0 aliphatic carbocycles. The van der Waals surface area contributed by atoms with E-state index in [0.29, 0.717) is 0 Å². The molecule has 150 valence electrons. The highest BCUT2D eigenvalue weighted by atomic mass is 32.2. The molecule has 1 N–H and O–H groups in total. The van der Waals surface area contributed by atoms with Crippen LogP contribution in [0.1, 0.15) is 12.5 Å². The standard InChI is InChI=1S/C24H25NO3S/c1-18(29-22-12-8-5-9-13-22)24(23(26)28-3,19-10-6-4-7-11-19)25-20-14-16-21(27-2)17-15-20/h4-18,25H,1-3H3. The predicted molar refractivity (Wildman–Crippen MR) is 119 cm³/mol. The lowest BCUT2D eigenvalue weighted by Crippen LogP contribution is -2.51. The molecule has 0 amide bonds. The zero-order chi connectivity index (χ0) is 20.7. The molecule has 3 aromatic carbocycles. The summed E-state index contributed by atoms with van der Waals surface area (Å²) < 4.78 is 10.6. The Bertz CT molecular complexity index is 916. The van der Waals surface area contributed by atoms with Gasteiger partial charge in [-0.25, -0.2) is 4.79 Å². The van der Waals surface area contributed by atoms with Crippen molar-refractivity contribution in [3.63, 3.8) is 0 Å². The van der Waals surface area contributed by atoms with Gasteiger partial charge < -0.3 is 14.8 Å². The lowest BCUT2D eigenvalue weighted by Gasteiger charge is -2.38. The van der Waals surface area contributed by atoms with Gasteiger partial charge in [0.2, 0.25) is 0 Å². The zero-order valence-electron chi connectivity index (χ0n) is 16.8. The first-order valence-corrected chi connectivity index (χ1v) is 10.3. The summed E-state index contributed by atoms with van der Waals surface area (Å²) in [6, 6.07) is 27.3. The van der Waals surface area contributed by atoms with Gasteiger partial charge in [-0.05, 0) is 48.9 Å². The molecule has 0 saturated heterocycles. The van der Waals surface area contributed by atoms with Crippen LogP contribution in [0.4, 0.5) is 5.69 Å². The fourth-order valence-corrected chi connectivity index (χ4v) is 4.49. The lowest BCUT2D eigenvalue weighted by molar-refractivity contribution is -0.146. The Morgan fingerprint density at radius 3 is 2.03 bits per heavy atom. The maximum absolute atomic E-state index is 13.3. The van der Waals surface area contributed by atoms with Crippen molar-refractivity contribution in [2.75, 3.05) is 19.5 Å². The molecule has 3 rings (SSSR count). The molecule has 0 saturated carbocycles. The third kappa shape index (κ3) is 4.57. The third-order valence-electron chi connectivity index (χ3n) is 4.83. The molecule has 4 nitrogen and oxygen atoms in total. The van der Waals surface area contributed by atoms with Crippen LogP contribution in [0.5, 0.6) is 5.75 Å². The molecule has 0 aliphatic rings. The summed E-state index contributed by atoms with van der Waals surface area (Å²) in [6.45, 7) is 2.04. The highest BCUT2D eigenvalue weighted by Gasteiger charge is 2.47. The second-order valence-corrected chi connectivity index (χ2v) is 8.01. The van der Waals surface area contributed by atoms with Crippen LogP contribution in [0.25, 0.3) is 0 Å². The highest BCUT2D eigenvalue weighted by Crippen LogP contribution is 2.40. The average Bonchev–Trinajstić information content (AvgIpc) is 2.78. The molecule has 3 aromatic rings. The van der Waals surface area contributed by atoms with Gasteiger partial charge in [-0.3, -0.25) is 0 Å². The van der Waals surface area contributed by atoms with Crippen LogP contribution in [0.2, 0.25) is 0 Å². The third-order valence-corrected chi connectivity index (χ3v) is 6.09. The number of anilines is 1. The molecule has 0 aliphatic heterocycles. The summed E-state index contributed by atoms with van der Waals surface area (Å²) in [5.74, 6) is 0.418. The van der Waals surface area contributed by atoms with Crippen LogP contribution in [-0.4, -0.2) is 25.4 Å². The molecular formula is C24H25NO3S. The minimum Gasteiger partial charge on any atom is -0.497 e. The van der Waals surface area contributed by atoms with E-state index in [1.165, 1.54) is 7.11 Å². The first-order chi connectivity index (χ1) is 14.1. The van der Waals surface area contributed by atoms with E-state index in [1.54, 1.807) is 18.9 Å². The average molecular weight is 408 g/mol. The molecule has 2 atom stereocenters. The van der Waals surface area contributed by atoms with Crippen molar-refractivity contribution >= 4 is 23.4 Å². The Balaban J connectivity index is 2.07. The van der Waals surface area contributed by atoms with Crippen molar-refractivity contribution in [3.05, 3.63) is 90.5 Å². The van der Waals surface area contributed by atoms with E-state index < -0.39 is 5.54 Å². The fourth-order valence-electron chi connectivity index (χ4n) is 3.30. The van der Waals surface area contributed by atoms with E-state index in [9.17, 15) is 4.79 Å². The molecule has 0 radical (unpaired) electrons. The molecule has 0 bridgehead atoms. The van der Waals surface area contributed by atoms with E-state index in [4.69, 9.17) is 9.47 Å². The van der Waals surface area contributed by atoms with E-state index in [-0.39, 0.29) is 11.2 Å². The Hall–Kier alpha value is -2.92. The Kier molecular flexibility index (Phi) is 6.83. The van der Waals surface area contributed by atoms with Crippen LogP contribution in [0, 0.1) is 0 Å². The molecule has 5 heteroatoms. The fraction of sp³-hybridized carbons (Fsp3) is 0.208. The first kappa shape index (κ1) is 20.8. The number of methoxy groups -OCH3 is 2. The van der Waals surface area contributed by atoms with Crippen LogP contribution >= 0.6 is 11.8 Å². The summed E-state index contributed by atoms with van der Waals surface area (Å²) in [5.41, 5.74) is 0.574. The van der Waals surface area contributed by atoms with Gasteiger partial charge in [0.15, 0.2) is 5.54 Å². The van der Waals surface area contributed by atoms with Crippen LogP contribution in [0.3, 0.4) is 0 Å². The highest BCUT2D eigenvalue weighted by molar-refractivity contribution is 8.00. The number of rotatable bonds is 8. The normalized spacial score (nSPS) is 13.8. The second kappa shape index (κ2) is 9.52. The van der Waals surface area contributed by atoms with Gasteiger partial charge in [0.1, 0.15) is 5.75 Å². The molecule has 0 spiro atoms. The van der Waals surface area contributed by atoms with Gasteiger partial charge in [-0.1, -0.05) is 48.5 Å². The monoisotopic (exact) mass is 407 g/mol. The Labute approximate surface area is 176 Å². The molecule has 29 heavy (non-hydrogen) atoms. The summed E-state index contributed by atoms with van der Waals surface area (Å²) in [6.07, 6.45) is 0. The summed E-state index contributed by atoms with van der Waals surface area (Å²) in [5, 5.41) is 3.31. The number of carbonyl (C=O) groups excluding carboxylic acids is 1. The van der Waals surface area contributed by atoms with Crippen molar-refractivity contribution in [3.8, 4) is 5.75 Å². The Morgan fingerprint density at radius 1 is 0.897 bits per heavy atom. The van der Waals surface area contributed by atoms with E-state index in [2.05, 4.69) is 5.32 Å². The van der Waals surface area contributed by atoms with Crippen molar-refractivity contribution in [2.24, 2.45) is 0 Å². The minimum absolute atomic E-state index is 0.165. The lowest BCUT2D eigenvalue weighted by atomic mass is 9.86.